The lowest BCUT2D eigenvalue weighted by Crippen LogP contribution is -2.41. The molecule has 1 aromatic heterocycles. The van der Waals surface area contributed by atoms with Crippen LogP contribution in [0, 0.1) is 5.82 Å². The fourth-order valence-corrected chi connectivity index (χ4v) is 4.95. The van der Waals surface area contributed by atoms with E-state index in [1.807, 2.05) is 19.0 Å². The summed E-state index contributed by atoms with van der Waals surface area (Å²) in [5.74, 6) is -0.691. The number of likely N-dealkylation sites (N-methyl/N-ethyl adjacent to an activating group) is 1. The summed E-state index contributed by atoms with van der Waals surface area (Å²) in [6.45, 7) is 0.966. The molecule has 3 heterocycles. The molecule has 2 aliphatic heterocycles. The number of anilines is 3. The number of fused-ring (bicyclic) bond motifs is 2. The monoisotopic (exact) mass is 557 g/mol. The third kappa shape index (κ3) is 5.68. The molecule has 12 heteroatoms. The van der Waals surface area contributed by atoms with Crippen LogP contribution in [0.1, 0.15) is 6.42 Å². The zero-order chi connectivity index (χ0) is 27.7. The number of carbonyl (C=O) groups excluding carboxylic acids is 1. The van der Waals surface area contributed by atoms with Crippen molar-refractivity contribution in [3.63, 3.8) is 0 Å². The number of phenolic OH excluding ortho intramolecular Hbond substituents is 1. The van der Waals surface area contributed by atoms with E-state index in [0.29, 0.717) is 42.0 Å². The molecule has 39 heavy (non-hydrogen) atoms. The van der Waals surface area contributed by atoms with Gasteiger partial charge in [-0.2, -0.15) is 0 Å². The lowest BCUT2D eigenvalue weighted by Gasteiger charge is -2.29. The van der Waals surface area contributed by atoms with E-state index in [-0.39, 0.29) is 40.7 Å². The van der Waals surface area contributed by atoms with Gasteiger partial charge < -0.3 is 29.5 Å². The van der Waals surface area contributed by atoms with Crippen molar-refractivity contribution >= 4 is 45.6 Å². The minimum Gasteiger partial charge on any atom is -0.506 e. The molecule has 2 saturated heterocycles. The topological polar surface area (TPSA) is 109 Å². The van der Waals surface area contributed by atoms with Gasteiger partial charge in [-0.25, -0.2) is 14.4 Å². The number of carbonyl (C=O) groups is 1. The van der Waals surface area contributed by atoms with E-state index in [9.17, 15) is 14.3 Å². The number of phenols is 1. The number of methoxy groups -OCH3 is 1. The molecule has 2 N–H and O–H groups in total. The van der Waals surface area contributed by atoms with Gasteiger partial charge in [-0.05, 0) is 38.4 Å². The molecule has 0 saturated carbocycles. The Balaban J connectivity index is 1.54. The molecule has 1 amide bonds. The molecule has 0 spiro atoms. The fourth-order valence-electron chi connectivity index (χ4n) is 4.77. The molecule has 3 aromatic rings. The van der Waals surface area contributed by atoms with E-state index in [4.69, 9.17) is 25.8 Å². The Hall–Kier alpha value is -3.35. The highest BCUT2D eigenvalue weighted by molar-refractivity contribution is 6.31. The van der Waals surface area contributed by atoms with Crippen LogP contribution in [-0.2, 0) is 19.0 Å². The first kappa shape index (κ1) is 27.2. The summed E-state index contributed by atoms with van der Waals surface area (Å²) in [7, 11) is 5.39. The molecule has 4 atom stereocenters. The average Bonchev–Trinajstić information content (AvgIpc) is 3.47. The summed E-state index contributed by atoms with van der Waals surface area (Å²) in [5, 5.41) is 14.7. The van der Waals surface area contributed by atoms with Crippen molar-refractivity contribution in [3.05, 3.63) is 59.7 Å². The van der Waals surface area contributed by atoms with Gasteiger partial charge in [-0.15, -0.1) is 0 Å². The van der Waals surface area contributed by atoms with Gasteiger partial charge in [0.2, 0.25) is 0 Å². The molecule has 0 bridgehead atoms. The normalized spacial score (nSPS) is 22.6. The van der Waals surface area contributed by atoms with E-state index >= 15 is 0 Å². The Morgan fingerprint density at radius 2 is 2.13 bits per heavy atom. The van der Waals surface area contributed by atoms with Crippen LogP contribution in [-0.4, -0.2) is 84.8 Å². The summed E-state index contributed by atoms with van der Waals surface area (Å²) in [4.78, 5) is 25.5. The number of amides is 1. The van der Waals surface area contributed by atoms with Gasteiger partial charge in [0, 0.05) is 43.3 Å². The summed E-state index contributed by atoms with van der Waals surface area (Å²) in [6, 6.07) is 7.30. The van der Waals surface area contributed by atoms with Crippen molar-refractivity contribution in [2.24, 2.45) is 0 Å². The third-order valence-corrected chi connectivity index (χ3v) is 6.98. The molecule has 206 valence electrons. The van der Waals surface area contributed by atoms with E-state index in [2.05, 4.69) is 15.3 Å². The maximum atomic E-state index is 13.7. The van der Waals surface area contributed by atoms with Crippen molar-refractivity contribution in [2.75, 3.05) is 44.6 Å². The molecule has 2 fully saturated rings. The van der Waals surface area contributed by atoms with Crippen molar-refractivity contribution in [1.29, 1.82) is 0 Å². The van der Waals surface area contributed by atoms with Crippen LogP contribution in [0.4, 0.5) is 21.6 Å². The van der Waals surface area contributed by atoms with Gasteiger partial charge in [0.05, 0.1) is 28.9 Å². The Morgan fingerprint density at radius 1 is 1.31 bits per heavy atom. The first-order valence-corrected chi connectivity index (χ1v) is 12.8. The number of benzene rings is 2. The Morgan fingerprint density at radius 3 is 2.87 bits per heavy atom. The van der Waals surface area contributed by atoms with E-state index < -0.39 is 12.0 Å². The van der Waals surface area contributed by atoms with E-state index in [0.717, 1.165) is 0 Å². The molecular weight excluding hydrogens is 529 g/mol. The third-order valence-electron chi connectivity index (χ3n) is 6.69. The zero-order valence-corrected chi connectivity index (χ0v) is 22.4. The smallest absolute Gasteiger partial charge is 0.252 e. The Kier molecular flexibility index (Phi) is 7.96. The van der Waals surface area contributed by atoms with Gasteiger partial charge in [-0.1, -0.05) is 17.7 Å². The van der Waals surface area contributed by atoms with Crippen molar-refractivity contribution in [1.82, 2.24) is 14.9 Å². The average molecular weight is 558 g/mol. The minimum absolute atomic E-state index is 0.0431. The maximum absolute atomic E-state index is 13.7. The van der Waals surface area contributed by atoms with Crippen LogP contribution >= 0.6 is 11.6 Å². The lowest BCUT2D eigenvalue weighted by atomic mass is 10.1. The van der Waals surface area contributed by atoms with E-state index in [1.54, 1.807) is 19.3 Å². The highest BCUT2D eigenvalue weighted by Gasteiger charge is 2.49. The second kappa shape index (κ2) is 11.4. The summed E-state index contributed by atoms with van der Waals surface area (Å²) in [6.07, 6.45) is 3.39. The largest absolute Gasteiger partial charge is 0.506 e. The molecule has 0 radical (unpaired) electrons. The number of ether oxygens (including phenoxy) is 3. The van der Waals surface area contributed by atoms with E-state index in [1.165, 1.54) is 41.6 Å². The molecule has 2 aliphatic rings. The van der Waals surface area contributed by atoms with Gasteiger partial charge >= 0.3 is 0 Å². The quantitative estimate of drug-likeness (QED) is 0.399. The first-order chi connectivity index (χ1) is 18.7. The summed E-state index contributed by atoms with van der Waals surface area (Å²) >= 11 is 5.95. The highest BCUT2D eigenvalue weighted by atomic mass is 35.5. The Bertz CT molecular complexity index is 1410. The highest BCUT2D eigenvalue weighted by Crippen LogP contribution is 2.40. The summed E-state index contributed by atoms with van der Waals surface area (Å²) < 4.78 is 31.3. The Labute approximate surface area is 229 Å². The van der Waals surface area contributed by atoms with Crippen LogP contribution in [0.5, 0.6) is 5.75 Å². The number of nitrogens with zero attached hydrogens (tertiary/aromatic N) is 4. The van der Waals surface area contributed by atoms with Crippen LogP contribution in [0.25, 0.3) is 10.9 Å². The predicted molar refractivity (Wildman–Crippen MR) is 145 cm³/mol. The molecule has 5 rings (SSSR count). The number of nitrogens with one attached hydrogen (secondary N) is 1. The second-order valence-corrected chi connectivity index (χ2v) is 10.1. The molecule has 4 unspecified atom stereocenters. The lowest BCUT2D eigenvalue weighted by molar-refractivity contribution is -0.117. The van der Waals surface area contributed by atoms with Crippen molar-refractivity contribution in [2.45, 2.75) is 31.0 Å². The second-order valence-electron chi connectivity index (χ2n) is 9.64. The number of aromatic hydroxyl groups is 1. The number of aromatic nitrogens is 2. The van der Waals surface area contributed by atoms with Gasteiger partial charge in [0.1, 0.15) is 42.1 Å². The predicted octanol–water partition coefficient (Wildman–Crippen LogP) is 3.85. The van der Waals surface area contributed by atoms with Crippen LogP contribution in [0.15, 0.2) is 48.8 Å². The van der Waals surface area contributed by atoms with Crippen LogP contribution in [0.3, 0.4) is 0 Å². The van der Waals surface area contributed by atoms with Crippen molar-refractivity contribution in [3.8, 4) is 5.75 Å². The number of rotatable bonds is 8. The van der Waals surface area contributed by atoms with Crippen molar-refractivity contribution < 1.29 is 28.5 Å². The fraction of sp³-hybridized carbons (Fsp3) is 0.370. The van der Waals surface area contributed by atoms with Gasteiger partial charge in [-0.3, -0.25) is 9.69 Å². The molecule has 0 aliphatic carbocycles. The molecule has 2 aromatic carbocycles. The van der Waals surface area contributed by atoms with Gasteiger partial charge in [0.15, 0.2) is 0 Å². The standard InChI is InChI=1S/C27H29ClFN5O5/c1-33(2)8-4-5-24(36)34(25-12-22-26(39-25)23(37-3)13-38-22)20-10-16-19(11-21(20)35)30-14-31-27(16)32-15-6-7-18(29)17(28)9-15/h4-7,9-11,14,22-23,25-26,35H,8,12-13H2,1-3H3,(H,30,31,32). The SMILES string of the molecule is COC1COC2CC(N(C(=O)C=CCN(C)C)c3cc4c(Nc5ccc(F)c(Cl)c5)ncnc4cc3O)OC12. The number of hydrogen-bond donors (Lipinski definition) is 2. The number of hydrogen-bond acceptors (Lipinski definition) is 9. The molecular formula is C27H29ClFN5O5. The summed E-state index contributed by atoms with van der Waals surface area (Å²) in [5.41, 5.74) is 1.16. The number of halogens is 2. The minimum atomic E-state index is -0.713. The van der Waals surface area contributed by atoms with Gasteiger partial charge in [0.25, 0.3) is 5.91 Å². The van der Waals surface area contributed by atoms with Crippen LogP contribution in [0.2, 0.25) is 5.02 Å². The molecule has 10 nitrogen and oxygen atoms in total. The zero-order valence-electron chi connectivity index (χ0n) is 21.7. The maximum Gasteiger partial charge on any atom is 0.252 e. The van der Waals surface area contributed by atoms with Crippen LogP contribution < -0.4 is 10.2 Å². The first-order valence-electron chi connectivity index (χ1n) is 12.4.